The van der Waals surface area contributed by atoms with Crippen LogP contribution in [0.5, 0.6) is 0 Å². The first-order chi connectivity index (χ1) is 8.83. The van der Waals surface area contributed by atoms with E-state index in [4.69, 9.17) is 10.5 Å². The normalized spacial score (nSPS) is 20.1. The molecule has 0 aliphatic carbocycles. The summed E-state index contributed by atoms with van der Waals surface area (Å²) in [5.41, 5.74) is 6.51. The summed E-state index contributed by atoms with van der Waals surface area (Å²) in [5, 5.41) is 0. The summed E-state index contributed by atoms with van der Waals surface area (Å²) in [6.07, 6.45) is 7.26. The number of nitrogens with two attached hydrogens (primary N) is 1. The molecular weight excluding hydrogens is 228 g/mol. The number of anilines is 1. The van der Waals surface area contributed by atoms with Crippen LogP contribution in [-0.4, -0.2) is 35.8 Å². The topological polar surface area (TPSA) is 64.3 Å². The van der Waals surface area contributed by atoms with E-state index < -0.39 is 0 Å². The minimum Gasteiger partial charge on any atom is -0.376 e. The van der Waals surface area contributed by atoms with Gasteiger partial charge in [0.05, 0.1) is 6.10 Å². The standard InChI is InChI=1S/C13H22N4O/c1-2-6-18-12-4-3-5-17(10-12)13-15-8-11(7-14)9-16-13/h8-9,12H,2-7,10,14H2,1H3. The molecule has 0 spiro atoms. The predicted molar refractivity (Wildman–Crippen MR) is 71.4 cm³/mol. The van der Waals surface area contributed by atoms with E-state index in [9.17, 15) is 0 Å². The van der Waals surface area contributed by atoms with E-state index in [-0.39, 0.29) is 0 Å². The van der Waals surface area contributed by atoms with Gasteiger partial charge in [-0.25, -0.2) is 9.97 Å². The molecule has 5 heteroatoms. The van der Waals surface area contributed by atoms with Gasteiger partial charge < -0.3 is 15.4 Å². The van der Waals surface area contributed by atoms with Crippen molar-refractivity contribution in [1.82, 2.24) is 9.97 Å². The number of ether oxygens (including phenoxy) is 1. The van der Waals surface area contributed by atoms with Gasteiger partial charge in [0.1, 0.15) is 0 Å². The van der Waals surface area contributed by atoms with E-state index in [1.54, 1.807) is 12.4 Å². The van der Waals surface area contributed by atoms with Crippen LogP contribution in [-0.2, 0) is 11.3 Å². The van der Waals surface area contributed by atoms with Crippen LogP contribution in [0.4, 0.5) is 5.95 Å². The Kier molecular flexibility index (Phi) is 4.90. The van der Waals surface area contributed by atoms with Gasteiger partial charge in [-0.15, -0.1) is 0 Å². The molecule has 1 aromatic heterocycles. The highest BCUT2D eigenvalue weighted by Crippen LogP contribution is 2.17. The summed E-state index contributed by atoms with van der Waals surface area (Å²) < 4.78 is 5.81. The molecule has 1 saturated heterocycles. The highest BCUT2D eigenvalue weighted by atomic mass is 16.5. The highest BCUT2D eigenvalue weighted by molar-refractivity contribution is 5.30. The Morgan fingerprint density at radius 3 is 2.89 bits per heavy atom. The lowest BCUT2D eigenvalue weighted by Crippen LogP contribution is -2.40. The second-order valence-electron chi connectivity index (χ2n) is 4.68. The molecule has 1 aliphatic heterocycles. The summed E-state index contributed by atoms with van der Waals surface area (Å²) in [6, 6.07) is 0. The number of aromatic nitrogens is 2. The molecule has 0 saturated carbocycles. The maximum absolute atomic E-state index is 5.81. The predicted octanol–water partition coefficient (Wildman–Crippen LogP) is 1.33. The maximum Gasteiger partial charge on any atom is 0.225 e. The lowest BCUT2D eigenvalue weighted by molar-refractivity contribution is 0.0437. The zero-order valence-electron chi connectivity index (χ0n) is 11.0. The Morgan fingerprint density at radius 2 is 2.22 bits per heavy atom. The van der Waals surface area contributed by atoms with E-state index in [0.717, 1.165) is 50.5 Å². The van der Waals surface area contributed by atoms with Crippen LogP contribution in [0.1, 0.15) is 31.7 Å². The number of rotatable bonds is 5. The second kappa shape index (κ2) is 6.66. The summed E-state index contributed by atoms with van der Waals surface area (Å²) in [5.74, 6) is 0.789. The molecule has 1 aromatic rings. The van der Waals surface area contributed by atoms with Crippen LogP contribution in [0.25, 0.3) is 0 Å². The molecule has 0 amide bonds. The zero-order chi connectivity index (χ0) is 12.8. The van der Waals surface area contributed by atoms with Gasteiger partial charge in [-0.1, -0.05) is 6.92 Å². The molecule has 2 N–H and O–H groups in total. The zero-order valence-corrected chi connectivity index (χ0v) is 11.0. The van der Waals surface area contributed by atoms with Crippen molar-refractivity contribution in [3.05, 3.63) is 18.0 Å². The van der Waals surface area contributed by atoms with Gasteiger partial charge in [-0.3, -0.25) is 0 Å². The molecule has 1 fully saturated rings. The van der Waals surface area contributed by atoms with E-state index in [1.807, 2.05) is 0 Å². The number of hydrogen-bond donors (Lipinski definition) is 1. The van der Waals surface area contributed by atoms with Crippen LogP contribution in [0, 0.1) is 0 Å². The Labute approximate surface area is 108 Å². The molecule has 5 nitrogen and oxygen atoms in total. The van der Waals surface area contributed by atoms with Crippen LogP contribution in [0.3, 0.4) is 0 Å². The van der Waals surface area contributed by atoms with E-state index in [1.165, 1.54) is 0 Å². The fraction of sp³-hybridized carbons (Fsp3) is 0.692. The first-order valence-electron chi connectivity index (χ1n) is 6.71. The van der Waals surface area contributed by atoms with E-state index in [0.29, 0.717) is 12.6 Å². The minimum atomic E-state index is 0.316. The minimum absolute atomic E-state index is 0.316. The van der Waals surface area contributed by atoms with E-state index in [2.05, 4.69) is 21.8 Å². The van der Waals surface area contributed by atoms with Gasteiger partial charge in [-0.2, -0.15) is 0 Å². The maximum atomic E-state index is 5.81. The number of nitrogens with zero attached hydrogens (tertiary/aromatic N) is 3. The van der Waals surface area contributed by atoms with Crippen LogP contribution in [0.2, 0.25) is 0 Å². The Bertz CT molecular complexity index is 355. The van der Waals surface area contributed by atoms with Crippen molar-refractivity contribution in [2.45, 2.75) is 38.8 Å². The molecule has 1 unspecified atom stereocenters. The summed E-state index contributed by atoms with van der Waals surface area (Å²) in [7, 11) is 0. The Hall–Kier alpha value is -1.20. The van der Waals surface area contributed by atoms with Gasteiger partial charge in [-0.05, 0) is 19.3 Å². The molecule has 2 rings (SSSR count). The quantitative estimate of drug-likeness (QED) is 0.854. The van der Waals surface area contributed by atoms with Gasteiger partial charge in [0.25, 0.3) is 0 Å². The summed E-state index contributed by atoms with van der Waals surface area (Å²) in [4.78, 5) is 10.9. The fourth-order valence-corrected chi connectivity index (χ4v) is 2.16. The van der Waals surface area contributed by atoms with Gasteiger partial charge in [0.15, 0.2) is 0 Å². The first kappa shape index (κ1) is 13.2. The SMILES string of the molecule is CCCOC1CCCN(c2ncc(CN)cn2)C1. The van der Waals surface area contributed by atoms with Crippen molar-refractivity contribution in [1.29, 1.82) is 0 Å². The number of piperidine rings is 1. The lowest BCUT2D eigenvalue weighted by Gasteiger charge is -2.32. The van der Waals surface area contributed by atoms with E-state index >= 15 is 0 Å². The molecule has 1 aliphatic rings. The number of hydrogen-bond acceptors (Lipinski definition) is 5. The largest absolute Gasteiger partial charge is 0.376 e. The summed E-state index contributed by atoms with van der Waals surface area (Å²) >= 11 is 0. The first-order valence-corrected chi connectivity index (χ1v) is 6.71. The fourth-order valence-electron chi connectivity index (χ4n) is 2.16. The average molecular weight is 250 g/mol. The molecule has 18 heavy (non-hydrogen) atoms. The van der Waals surface area contributed by atoms with Gasteiger partial charge in [0.2, 0.25) is 5.95 Å². The third-order valence-corrected chi connectivity index (χ3v) is 3.15. The van der Waals surface area contributed by atoms with Crippen molar-refractivity contribution in [2.75, 3.05) is 24.6 Å². The van der Waals surface area contributed by atoms with Gasteiger partial charge >= 0.3 is 0 Å². The third-order valence-electron chi connectivity index (χ3n) is 3.15. The third kappa shape index (κ3) is 3.40. The molecule has 0 bridgehead atoms. The monoisotopic (exact) mass is 250 g/mol. The van der Waals surface area contributed by atoms with Crippen molar-refractivity contribution < 1.29 is 4.74 Å². The molecule has 100 valence electrons. The lowest BCUT2D eigenvalue weighted by atomic mass is 10.1. The van der Waals surface area contributed by atoms with Crippen molar-refractivity contribution in [3.8, 4) is 0 Å². The molecule has 0 radical (unpaired) electrons. The molecule has 1 atom stereocenters. The Balaban J connectivity index is 1.94. The molecule has 2 heterocycles. The van der Waals surface area contributed by atoms with Crippen LogP contribution in [0.15, 0.2) is 12.4 Å². The van der Waals surface area contributed by atoms with Crippen molar-refractivity contribution in [3.63, 3.8) is 0 Å². The van der Waals surface area contributed by atoms with Crippen LogP contribution >= 0.6 is 0 Å². The molecule has 0 aromatic carbocycles. The average Bonchev–Trinajstić information content (AvgIpc) is 2.45. The smallest absolute Gasteiger partial charge is 0.225 e. The Morgan fingerprint density at radius 1 is 1.44 bits per heavy atom. The van der Waals surface area contributed by atoms with Crippen molar-refractivity contribution >= 4 is 5.95 Å². The summed E-state index contributed by atoms with van der Waals surface area (Å²) in [6.45, 7) is 5.36. The van der Waals surface area contributed by atoms with Gasteiger partial charge in [0, 0.05) is 44.2 Å². The molecular formula is C13H22N4O. The van der Waals surface area contributed by atoms with Crippen molar-refractivity contribution in [2.24, 2.45) is 5.73 Å². The highest BCUT2D eigenvalue weighted by Gasteiger charge is 2.21. The van der Waals surface area contributed by atoms with Crippen LogP contribution < -0.4 is 10.6 Å². The second-order valence-corrected chi connectivity index (χ2v) is 4.68.